The summed E-state index contributed by atoms with van der Waals surface area (Å²) < 4.78 is 0. The van der Waals surface area contributed by atoms with E-state index in [9.17, 15) is 0 Å². The molecule has 40 heavy (non-hydrogen) atoms. The molecule has 0 heteroatoms. The van der Waals surface area contributed by atoms with Crippen LogP contribution in [0.3, 0.4) is 0 Å². The quantitative estimate of drug-likeness (QED) is 0.162. The molecular formula is C40H24. The fourth-order valence-corrected chi connectivity index (χ4v) is 6.93. The van der Waals surface area contributed by atoms with Crippen LogP contribution >= 0.6 is 0 Å². The van der Waals surface area contributed by atoms with Crippen molar-refractivity contribution in [1.82, 2.24) is 0 Å². The summed E-state index contributed by atoms with van der Waals surface area (Å²) in [6.07, 6.45) is 0. The summed E-state index contributed by atoms with van der Waals surface area (Å²) in [6, 6.07) is 53.8. The molecule has 0 heterocycles. The lowest BCUT2D eigenvalue weighted by Crippen LogP contribution is -1.92. The van der Waals surface area contributed by atoms with Crippen LogP contribution in [0.15, 0.2) is 146 Å². The summed E-state index contributed by atoms with van der Waals surface area (Å²) in [5, 5.41) is 15.8. The summed E-state index contributed by atoms with van der Waals surface area (Å²) in [4.78, 5) is 0. The van der Waals surface area contributed by atoms with Crippen molar-refractivity contribution in [3.63, 3.8) is 0 Å². The van der Waals surface area contributed by atoms with Crippen molar-refractivity contribution >= 4 is 64.6 Å². The fourth-order valence-electron chi connectivity index (χ4n) is 6.93. The van der Waals surface area contributed by atoms with E-state index in [4.69, 9.17) is 0 Å². The summed E-state index contributed by atoms with van der Waals surface area (Å²) in [5.41, 5.74) is 5.02. The molecule has 0 spiro atoms. The minimum atomic E-state index is 1.25. The second kappa shape index (κ2) is 8.15. The Morgan fingerprint density at radius 3 is 0.975 bits per heavy atom. The fraction of sp³-hybridized carbons (Fsp3) is 0. The number of hydrogen-bond donors (Lipinski definition) is 0. The second-order valence-corrected chi connectivity index (χ2v) is 10.9. The predicted octanol–water partition coefficient (Wildman–Crippen LogP) is 11.4. The van der Waals surface area contributed by atoms with Gasteiger partial charge in [0, 0.05) is 0 Å². The monoisotopic (exact) mass is 504 g/mol. The first kappa shape index (κ1) is 21.7. The van der Waals surface area contributed by atoms with Gasteiger partial charge in [-0.1, -0.05) is 109 Å². The molecular weight excluding hydrogens is 480 g/mol. The van der Waals surface area contributed by atoms with Crippen molar-refractivity contribution < 1.29 is 0 Å². The van der Waals surface area contributed by atoms with E-state index in [0.717, 1.165) is 0 Å². The maximum absolute atomic E-state index is 2.42. The Morgan fingerprint density at radius 1 is 0.225 bits per heavy atom. The van der Waals surface area contributed by atoms with Gasteiger partial charge in [0.2, 0.25) is 0 Å². The molecule has 0 saturated heterocycles. The first-order valence-corrected chi connectivity index (χ1v) is 13.9. The Labute approximate surface area is 232 Å². The van der Waals surface area contributed by atoms with Gasteiger partial charge in [0.1, 0.15) is 0 Å². The Hall–Kier alpha value is -5.20. The van der Waals surface area contributed by atoms with Crippen molar-refractivity contribution in [3.8, 4) is 22.3 Å². The summed E-state index contributed by atoms with van der Waals surface area (Å²) in [5.74, 6) is 0. The molecule has 9 rings (SSSR count). The number of rotatable bonds is 2. The van der Waals surface area contributed by atoms with E-state index in [1.165, 1.54) is 86.9 Å². The molecule has 9 aromatic carbocycles. The third-order valence-corrected chi connectivity index (χ3v) is 8.71. The van der Waals surface area contributed by atoms with Crippen LogP contribution in [0.2, 0.25) is 0 Å². The largest absolute Gasteiger partial charge is 0.0622 e. The Bertz CT molecular complexity index is 2220. The molecule has 0 radical (unpaired) electrons. The van der Waals surface area contributed by atoms with Gasteiger partial charge in [-0.2, -0.15) is 0 Å². The first-order chi connectivity index (χ1) is 19.8. The van der Waals surface area contributed by atoms with E-state index in [2.05, 4.69) is 146 Å². The van der Waals surface area contributed by atoms with Gasteiger partial charge in [0.15, 0.2) is 0 Å². The number of benzene rings is 9. The lowest BCUT2D eigenvalue weighted by Gasteiger charge is -2.20. The third-order valence-electron chi connectivity index (χ3n) is 8.71. The lowest BCUT2D eigenvalue weighted by molar-refractivity contribution is 1.66. The van der Waals surface area contributed by atoms with Gasteiger partial charge in [-0.3, -0.25) is 0 Å². The average Bonchev–Trinajstić information content (AvgIpc) is 3.03. The third kappa shape index (κ3) is 3.02. The summed E-state index contributed by atoms with van der Waals surface area (Å²) >= 11 is 0. The molecule has 0 aliphatic heterocycles. The molecule has 0 N–H and O–H groups in total. The van der Waals surface area contributed by atoms with Gasteiger partial charge in [0.05, 0.1) is 0 Å². The highest BCUT2D eigenvalue weighted by molar-refractivity contribution is 6.39. The van der Waals surface area contributed by atoms with Crippen molar-refractivity contribution in [2.75, 3.05) is 0 Å². The lowest BCUT2D eigenvalue weighted by atomic mass is 9.83. The van der Waals surface area contributed by atoms with Gasteiger partial charge < -0.3 is 0 Å². The number of fused-ring (bicyclic) bond motifs is 6. The molecule has 0 nitrogen and oxygen atoms in total. The Balaban J connectivity index is 1.59. The highest BCUT2D eigenvalue weighted by atomic mass is 14.2. The van der Waals surface area contributed by atoms with Crippen LogP contribution < -0.4 is 0 Å². The second-order valence-electron chi connectivity index (χ2n) is 10.9. The van der Waals surface area contributed by atoms with Gasteiger partial charge >= 0.3 is 0 Å². The van der Waals surface area contributed by atoms with E-state index < -0.39 is 0 Å². The van der Waals surface area contributed by atoms with Gasteiger partial charge in [0.25, 0.3) is 0 Å². The van der Waals surface area contributed by atoms with Crippen molar-refractivity contribution in [2.45, 2.75) is 0 Å². The zero-order valence-corrected chi connectivity index (χ0v) is 21.9. The van der Waals surface area contributed by atoms with Crippen LogP contribution in [0.25, 0.3) is 86.9 Å². The normalized spacial score (nSPS) is 12.0. The molecule has 0 fully saturated rings. The number of hydrogen-bond acceptors (Lipinski definition) is 0. The Morgan fingerprint density at radius 2 is 0.550 bits per heavy atom. The molecule has 9 aromatic rings. The smallest absolute Gasteiger partial charge is 0.00195 e. The summed E-state index contributed by atoms with van der Waals surface area (Å²) in [6.45, 7) is 0. The Kier molecular flexibility index (Phi) is 4.42. The molecule has 0 amide bonds. The van der Waals surface area contributed by atoms with Crippen molar-refractivity contribution in [2.24, 2.45) is 0 Å². The first-order valence-electron chi connectivity index (χ1n) is 13.9. The maximum Gasteiger partial charge on any atom is -0.00195 e. The molecule has 0 aliphatic carbocycles. The standard InChI is InChI=1S/C40H24/c1-3-11-25(12-4-1)29-21-33-31-17-9-7-15-27(31)20-36-38-24-30(26-13-5-2-6-14-26)22-34-32-18-10-8-16-28(32)19-35(40(34)38)37(23-29)39(33)36/h1-24H. The van der Waals surface area contributed by atoms with Crippen LogP contribution in [0.4, 0.5) is 0 Å². The van der Waals surface area contributed by atoms with E-state index in [1.807, 2.05) is 0 Å². The van der Waals surface area contributed by atoms with Gasteiger partial charge in [-0.05, 0) is 123 Å². The zero-order chi connectivity index (χ0) is 26.2. The molecule has 0 aromatic heterocycles. The molecule has 0 saturated carbocycles. The van der Waals surface area contributed by atoms with E-state index in [-0.39, 0.29) is 0 Å². The van der Waals surface area contributed by atoms with Gasteiger partial charge in [-0.25, -0.2) is 0 Å². The van der Waals surface area contributed by atoms with Crippen LogP contribution in [0, 0.1) is 0 Å². The zero-order valence-electron chi connectivity index (χ0n) is 21.9. The van der Waals surface area contributed by atoms with E-state index >= 15 is 0 Å². The molecule has 0 unspecified atom stereocenters. The van der Waals surface area contributed by atoms with E-state index in [0.29, 0.717) is 0 Å². The molecule has 0 aliphatic rings. The SMILES string of the molecule is c1ccc(-c2cc3c4ccccc4cc4c5cc(-c6ccccc6)cc6c7ccccc7cc(c(c2)c34)c65)cc1. The summed E-state index contributed by atoms with van der Waals surface area (Å²) in [7, 11) is 0. The van der Waals surface area contributed by atoms with Crippen molar-refractivity contribution in [3.05, 3.63) is 146 Å². The molecule has 0 bridgehead atoms. The van der Waals surface area contributed by atoms with Crippen LogP contribution in [-0.4, -0.2) is 0 Å². The van der Waals surface area contributed by atoms with Gasteiger partial charge in [-0.15, -0.1) is 0 Å². The average molecular weight is 505 g/mol. The predicted molar refractivity (Wildman–Crippen MR) is 174 cm³/mol. The molecule has 0 atom stereocenters. The minimum absolute atomic E-state index is 1.25. The highest BCUT2D eigenvalue weighted by Gasteiger charge is 2.19. The van der Waals surface area contributed by atoms with Crippen LogP contribution in [0.5, 0.6) is 0 Å². The van der Waals surface area contributed by atoms with Crippen molar-refractivity contribution in [1.29, 1.82) is 0 Å². The van der Waals surface area contributed by atoms with Crippen LogP contribution in [0.1, 0.15) is 0 Å². The van der Waals surface area contributed by atoms with Crippen LogP contribution in [-0.2, 0) is 0 Å². The maximum atomic E-state index is 2.42. The highest BCUT2D eigenvalue weighted by Crippen LogP contribution is 2.47. The molecule has 184 valence electrons. The topological polar surface area (TPSA) is 0 Å². The van der Waals surface area contributed by atoms with E-state index in [1.54, 1.807) is 0 Å². The minimum Gasteiger partial charge on any atom is -0.0622 e.